The van der Waals surface area contributed by atoms with E-state index < -0.39 is 0 Å². The smallest absolute Gasteiger partial charge is 0.261 e. The number of H-pyrrole nitrogens is 1. The first-order valence-corrected chi connectivity index (χ1v) is 8.82. The fourth-order valence-electron chi connectivity index (χ4n) is 4.43. The van der Waals surface area contributed by atoms with Gasteiger partial charge in [0, 0.05) is 24.2 Å². The van der Waals surface area contributed by atoms with Gasteiger partial charge in [0.15, 0.2) is 0 Å². The molecule has 130 valence electrons. The highest BCUT2D eigenvalue weighted by molar-refractivity contribution is 5.94. The minimum atomic E-state index is -0.360. The van der Waals surface area contributed by atoms with Gasteiger partial charge >= 0.3 is 0 Å². The van der Waals surface area contributed by atoms with Gasteiger partial charge in [0.05, 0.1) is 6.61 Å². The van der Waals surface area contributed by atoms with Gasteiger partial charge in [-0.3, -0.25) is 9.59 Å². The molecule has 0 spiro atoms. The molecule has 2 aliphatic rings. The molecule has 1 aliphatic heterocycles. The van der Waals surface area contributed by atoms with E-state index in [-0.39, 0.29) is 29.1 Å². The molecule has 1 aliphatic carbocycles. The number of aliphatic hydroxyl groups excluding tert-OH is 1. The molecule has 0 unspecified atom stereocenters. The van der Waals surface area contributed by atoms with Crippen molar-refractivity contribution in [3.8, 4) is 11.3 Å². The third kappa shape index (κ3) is 2.68. The molecule has 1 amide bonds. The monoisotopic (exact) mass is 338 g/mol. The molecule has 2 fully saturated rings. The SMILES string of the molecule is O=C(c1ccc(-c2ccccc2)[nH]c1=O)N1C[C@@H]2CCC[C@]2(CO)C1. The maximum Gasteiger partial charge on any atom is 0.261 e. The van der Waals surface area contributed by atoms with E-state index in [0.717, 1.165) is 24.8 Å². The van der Waals surface area contributed by atoms with Crippen molar-refractivity contribution in [3.63, 3.8) is 0 Å². The fourth-order valence-corrected chi connectivity index (χ4v) is 4.43. The van der Waals surface area contributed by atoms with Crippen molar-refractivity contribution in [2.24, 2.45) is 11.3 Å². The number of amides is 1. The van der Waals surface area contributed by atoms with Crippen molar-refractivity contribution >= 4 is 5.91 Å². The van der Waals surface area contributed by atoms with Crippen LogP contribution in [0.2, 0.25) is 0 Å². The molecule has 2 N–H and O–H groups in total. The largest absolute Gasteiger partial charge is 0.396 e. The Morgan fingerprint density at radius 2 is 2.04 bits per heavy atom. The number of hydrogen-bond acceptors (Lipinski definition) is 3. The van der Waals surface area contributed by atoms with Crippen LogP contribution in [0.5, 0.6) is 0 Å². The molecular weight excluding hydrogens is 316 g/mol. The normalized spacial score (nSPS) is 25.2. The molecule has 5 heteroatoms. The number of pyridine rings is 1. The molecule has 1 aromatic carbocycles. The Morgan fingerprint density at radius 1 is 1.24 bits per heavy atom. The molecule has 0 radical (unpaired) electrons. The van der Waals surface area contributed by atoms with Gasteiger partial charge in [-0.05, 0) is 36.5 Å². The van der Waals surface area contributed by atoms with Crippen LogP contribution in [0.25, 0.3) is 11.3 Å². The number of fused-ring (bicyclic) bond motifs is 1. The number of aromatic nitrogens is 1. The Bertz CT molecular complexity index is 846. The lowest BCUT2D eigenvalue weighted by atomic mass is 9.82. The summed E-state index contributed by atoms with van der Waals surface area (Å²) in [4.78, 5) is 29.8. The highest BCUT2D eigenvalue weighted by atomic mass is 16.3. The standard InChI is InChI=1S/C20H22N2O3/c23-13-20-10-4-7-15(20)11-22(12-20)19(25)16-8-9-17(21-18(16)24)14-5-2-1-3-6-14/h1-3,5-6,8-9,15,23H,4,7,10-13H2,(H,21,24)/t15-,20+/m0/s1. The van der Waals surface area contributed by atoms with E-state index in [0.29, 0.717) is 24.7 Å². The molecular formula is C20H22N2O3. The zero-order valence-corrected chi connectivity index (χ0v) is 14.1. The van der Waals surface area contributed by atoms with Crippen LogP contribution in [0.15, 0.2) is 47.3 Å². The van der Waals surface area contributed by atoms with Gasteiger partial charge in [0.25, 0.3) is 11.5 Å². The first-order chi connectivity index (χ1) is 12.1. The van der Waals surface area contributed by atoms with Crippen molar-refractivity contribution in [2.45, 2.75) is 19.3 Å². The Hall–Kier alpha value is -2.40. The third-order valence-electron chi connectivity index (χ3n) is 5.87. The van der Waals surface area contributed by atoms with Crippen LogP contribution in [0.1, 0.15) is 29.6 Å². The highest BCUT2D eigenvalue weighted by Gasteiger charge is 2.50. The predicted octanol–water partition coefficient (Wildman–Crippen LogP) is 2.28. The fraction of sp³-hybridized carbons (Fsp3) is 0.400. The van der Waals surface area contributed by atoms with Crippen LogP contribution in [-0.2, 0) is 0 Å². The van der Waals surface area contributed by atoms with Gasteiger partial charge in [-0.25, -0.2) is 0 Å². The Kier molecular flexibility index (Phi) is 3.96. The molecule has 0 bridgehead atoms. The number of carbonyl (C=O) groups is 1. The summed E-state index contributed by atoms with van der Waals surface area (Å²) in [5.41, 5.74) is 1.27. The molecule has 1 aromatic heterocycles. The van der Waals surface area contributed by atoms with Crippen molar-refractivity contribution in [1.29, 1.82) is 0 Å². The first kappa shape index (κ1) is 16.1. The van der Waals surface area contributed by atoms with Crippen molar-refractivity contribution in [2.75, 3.05) is 19.7 Å². The Balaban J connectivity index is 1.58. The van der Waals surface area contributed by atoms with Crippen LogP contribution < -0.4 is 5.56 Å². The van der Waals surface area contributed by atoms with Crippen molar-refractivity contribution in [1.82, 2.24) is 9.88 Å². The van der Waals surface area contributed by atoms with Gasteiger partial charge in [-0.15, -0.1) is 0 Å². The van der Waals surface area contributed by atoms with Crippen LogP contribution in [0.4, 0.5) is 0 Å². The van der Waals surface area contributed by atoms with E-state index in [1.54, 1.807) is 17.0 Å². The second kappa shape index (κ2) is 6.15. The maximum atomic E-state index is 12.8. The van der Waals surface area contributed by atoms with E-state index in [1.165, 1.54) is 0 Å². The predicted molar refractivity (Wildman–Crippen MR) is 95.3 cm³/mol. The quantitative estimate of drug-likeness (QED) is 0.902. The van der Waals surface area contributed by atoms with Gasteiger partial charge < -0.3 is 15.0 Å². The summed E-state index contributed by atoms with van der Waals surface area (Å²) in [5.74, 6) is 0.118. The average molecular weight is 338 g/mol. The summed E-state index contributed by atoms with van der Waals surface area (Å²) in [6, 6.07) is 13.0. The maximum absolute atomic E-state index is 12.8. The van der Waals surface area contributed by atoms with Crippen molar-refractivity contribution < 1.29 is 9.90 Å². The highest BCUT2D eigenvalue weighted by Crippen LogP contribution is 2.48. The van der Waals surface area contributed by atoms with E-state index in [2.05, 4.69) is 4.98 Å². The van der Waals surface area contributed by atoms with Crippen LogP contribution in [-0.4, -0.2) is 40.6 Å². The lowest BCUT2D eigenvalue weighted by molar-refractivity contribution is 0.0732. The average Bonchev–Trinajstić information content (AvgIpc) is 3.19. The topological polar surface area (TPSA) is 73.4 Å². The van der Waals surface area contributed by atoms with Crippen molar-refractivity contribution in [3.05, 3.63) is 58.4 Å². The second-order valence-corrected chi connectivity index (χ2v) is 7.28. The number of aromatic amines is 1. The number of nitrogens with one attached hydrogen (secondary N) is 1. The van der Waals surface area contributed by atoms with Gasteiger partial charge in [-0.2, -0.15) is 0 Å². The zero-order chi connectivity index (χ0) is 17.4. The molecule has 4 rings (SSSR count). The van der Waals surface area contributed by atoms with E-state index >= 15 is 0 Å². The van der Waals surface area contributed by atoms with Gasteiger partial charge in [0.2, 0.25) is 0 Å². The van der Waals surface area contributed by atoms with E-state index in [9.17, 15) is 14.7 Å². The molecule has 5 nitrogen and oxygen atoms in total. The molecule has 2 heterocycles. The number of rotatable bonds is 3. The molecule has 25 heavy (non-hydrogen) atoms. The number of carbonyl (C=O) groups excluding carboxylic acids is 1. The van der Waals surface area contributed by atoms with Crippen LogP contribution in [0, 0.1) is 11.3 Å². The van der Waals surface area contributed by atoms with Gasteiger partial charge in [0.1, 0.15) is 5.56 Å². The lowest BCUT2D eigenvalue weighted by Crippen LogP contribution is -2.36. The van der Waals surface area contributed by atoms with Crippen LogP contribution >= 0.6 is 0 Å². The molecule has 2 atom stereocenters. The Labute approximate surface area is 146 Å². The number of aliphatic hydroxyl groups is 1. The second-order valence-electron chi connectivity index (χ2n) is 7.28. The lowest BCUT2D eigenvalue weighted by Gasteiger charge is -2.25. The summed E-state index contributed by atoms with van der Waals surface area (Å²) >= 11 is 0. The summed E-state index contributed by atoms with van der Waals surface area (Å²) in [5, 5.41) is 9.81. The summed E-state index contributed by atoms with van der Waals surface area (Å²) < 4.78 is 0. The molecule has 1 saturated heterocycles. The Morgan fingerprint density at radius 3 is 2.72 bits per heavy atom. The van der Waals surface area contributed by atoms with E-state index in [1.807, 2.05) is 30.3 Å². The number of nitrogens with zero attached hydrogens (tertiary/aromatic N) is 1. The molecule has 2 aromatic rings. The summed E-state index contributed by atoms with van der Waals surface area (Å²) in [6.45, 7) is 1.30. The third-order valence-corrected chi connectivity index (χ3v) is 5.87. The molecule has 1 saturated carbocycles. The van der Waals surface area contributed by atoms with Gasteiger partial charge in [-0.1, -0.05) is 36.8 Å². The summed E-state index contributed by atoms with van der Waals surface area (Å²) in [7, 11) is 0. The van der Waals surface area contributed by atoms with E-state index in [4.69, 9.17) is 0 Å². The minimum absolute atomic E-state index is 0.116. The van der Waals surface area contributed by atoms with Crippen LogP contribution in [0.3, 0.4) is 0 Å². The summed E-state index contributed by atoms with van der Waals surface area (Å²) in [6.07, 6.45) is 3.12. The zero-order valence-electron chi connectivity index (χ0n) is 14.1. The first-order valence-electron chi connectivity index (χ1n) is 8.82. The number of benzene rings is 1. The number of hydrogen-bond donors (Lipinski definition) is 2. The minimum Gasteiger partial charge on any atom is -0.396 e. The number of likely N-dealkylation sites (tertiary alicyclic amines) is 1.